The molecule has 0 aromatic heterocycles. The van der Waals surface area contributed by atoms with Gasteiger partial charge in [-0.15, -0.1) is 0 Å². The summed E-state index contributed by atoms with van der Waals surface area (Å²) in [5.41, 5.74) is 3.86. The quantitative estimate of drug-likeness (QED) is 0.540. The van der Waals surface area contributed by atoms with Gasteiger partial charge in [0.25, 0.3) is 0 Å². The third-order valence-electron chi connectivity index (χ3n) is 4.86. The first-order valence-corrected chi connectivity index (χ1v) is 9.96. The Labute approximate surface area is 177 Å². The van der Waals surface area contributed by atoms with Gasteiger partial charge < -0.3 is 19.5 Å². The van der Waals surface area contributed by atoms with E-state index in [0.717, 1.165) is 16.7 Å². The molecule has 30 heavy (non-hydrogen) atoms. The zero-order valence-corrected chi connectivity index (χ0v) is 18.4. The highest BCUT2D eigenvalue weighted by atomic mass is 16.5. The molecule has 1 aliphatic heterocycles. The highest BCUT2D eigenvalue weighted by molar-refractivity contribution is 6.05. The van der Waals surface area contributed by atoms with Crippen LogP contribution < -0.4 is 5.32 Å². The monoisotopic (exact) mass is 415 g/mol. The van der Waals surface area contributed by atoms with Crippen molar-refractivity contribution >= 4 is 17.9 Å². The standard InChI is InChI=1S/C23H29NO6/c1-7-28-21(25)18-15(5)24-16(6)19(22(26)29-8-2)20(18)23(27)30-12-17-11-13(3)9-10-14(17)4/h9-11,20,24H,7-8,12H2,1-6H3. The number of dihydropyridines is 1. The molecule has 1 heterocycles. The zero-order chi connectivity index (χ0) is 22.4. The molecule has 162 valence electrons. The van der Waals surface area contributed by atoms with E-state index in [1.165, 1.54) is 0 Å². The number of esters is 3. The lowest BCUT2D eigenvalue weighted by molar-refractivity contribution is -0.152. The topological polar surface area (TPSA) is 90.9 Å². The maximum atomic E-state index is 13.2. The van der Waals surface area contributed by atoms with Gasteiger partial charge in [-0.05, 0) is 52.7 Å². The predicted molar refractivity (Wildman–Crippen MR) is 111 cm³/mol. The summed E-state index contributed by atoms with van der Waals surface area (Å²) in [6.45, 7) is 10.8. The number of ether oxygens (including phenoxy) is 3. The molecule has 0 unspecified atom stereocenters. The Morgan fingerprint density at radius 2 is 1.40 bits per heavy atom. The van der Waals surface area contributed by atoms with Gasteiger partial charge in [0.2, 0.25) is 0 Å². The van der Waals surface area contributed by atoms with Gasteiger partial charge in [-0.2, -0.15) is 0 Å². The Kier molecular flexibility index (Phi) is 7.80. The van der Waals surface area contributed by atoms with Crippen LogP contribution in [0.4, 0.5) is 0 Å². The third kappa shape index (κ3) is 5.09. The molecule has 1 aromatic rings. The number of benzene rings is 1. The molecule has 0 spiro atoms. The fraction of sp³-hybridized carbons (Fsp3) is 0.435. The summed E-state index contributed by atoms with van der Waals surface area (Å²) < 4.78 is 15.8. The zero-order valence-electron chi connectivity index (χ0n) is 18.4. The molecule has 2 rings (SSSR count). The van der Waals surface area contributed by atoms with Crippen molar-refractivity contribution in [2.75, 3.05) is 13.2 Å². The van der Waals surface area contributed by atoms with Gasteiger partial charge in [-0.1, -0.05) is 23.8 Å². The van der Waals surface area contributed by atoms with Crippen LogP contribution in [-0.2, 0) is 35.2 Å². The summed E-state index contributed by atoms with van der Waals surface area (Å²) in [4.78, 5) is 38.4. The van der Waals surface area contributed by atoms with Crippen LogP contribution in [0.1, 0.15) is 44.4 Å². The van der Waals surface area contributed by atoms with Gasteiger partial charge in [0.05, 0.1) is 24.4 Å². The van der Waals surface area contributed by atoms with E-state index in [1.807, 2.05) is 32.0 Å². The van der Waals surface area contributed by atoms with Crippen molar-refractivity contribution in [1.82, 2.24) is 5.32 Å². The van der Waals surface area contributed by atoms with Gasteiger partial charge in [-0.25, -0.2) is 9.59 Å². The van der Waals surface area contributed by atoms with Crippen molar-refractivity contribution < 1.29 is 28.6 Å². The Balaban J connectivity index is 2.41. The Hall–Kier alpha value is -3.09. The summed E-state index contributed by atoms with van der Waals surface area (Å²) in [5.74, 6) is -3.28. The lowest BCUT2D eigenvalue weighted by atomic mass is 9.85. The number of hydrogen-bond donors (Lipinski definition) is 1. The van der Waals surface area contributed by atoms with E-state index in [2.05, 4.69) is 5.32 Å². The molecule has 0 atom stereocenters. The summed E-state index contributed by atoms with van der Waals surface area (Å²) in [7, 11) is 0. The van der Waals surface area contributed by atoms with Crippen molar-refractivity contribution in [3.05, 3.63) is 57.4 Å². The number of carbonyl (C=O) groups is 3. The number of carbonyl (C=O) groups excluding carboxylic acids is 3. The highest BCUT2D eigenvalue weighted by Crippen LogP contribution is 2.33. The second-order valence-electron chi connectivity index (χ2n) is 7.11. The van der Waals surface area contributed by atoms with E-state index in [1.54, 1.807) is 27.7 Å². The molecular weight excluding hydrogens is 386 g/mol. The normalized spacial score (nSPS) is 14.3. The lowest BCUT2D eigenvalue weighted by Crippen LogP contribution is -2.38. The molecule has 1 N–H and O–H groups in total. The van der Waals surface area contributed by atoms with Gasteiger partial charge in [-0.3, -0.25) is 4.79 Å². The SMILES string of the molecule is CCOC(=O)C1=C(C)NC(C)=C(C(=O)OCC)C1C(=O)OCc1cc(C)ccc1C. The van der Waals surface area contributed by atoms with E-state index < -0.39 is 23.8 Å². The maximum absolute atomic E-state index is 13.2. The molecule has 0 radical (unpaired) electrons. The van der Waals surface area contributed by atoms with Crippen molar-refractivity contribution in [3.63, 3.8) is 0 Å². The molecule has 0 saturated carbocycles. The number of nitrogens with one attached hydrogen (secondary N) is 1. The number of rotatable bonds is 7. The molecule has 0 fully saturated rings. The van der Waals surface area contributed by atoms with E-state index in [9.17, 15) is 14.4 Å². The molecule has 7 nitrogen and oxygen atoms in total. The van der Waals surface area contributed by atoms with Crippen LogP contribution >= 0.6 is 0 Å². The Bertz CT molecular complexity index is 872. The largest absolute Gasteiger partial charge is 0.463 e. The summed E-state index contributed by atoms with van der Waals surface area (Å²) in [6.07, 6.45) is 0. The van der Waals surface area contributed by atoms with Crippen LogP contribution in [-0.4, -0.2) is 31.1 Å². The summed E-state index contributed by atoms with van der Waals surface area (Å²) in [6, 6.07) is 5.86. The average Bonchev–Trinajstić information content (AvgIpc) is 2.68. The molecular formula is C23H29NO6. The number of aryl methyl sites for hydroxylation is 2. The van der Waals surface area contributed by atoms with Crippen LogP contribution in [0, 0.1) is 19.8 Å². The molecule has 0 amide bonds. The van der Waals surface area contributed by atoms with Crippen molar-refractivity contribution in [1.29, 1.82) is 0 Å². The van der Waals surface area contributed by atoms with Crippen molar-refractivity contribution in [2.45, 2.75) is 48.1 Å². The fourth-order valence-electron chi connectivity index (χ4n) is 3.38. The number of hydrogen-bond acceptors (Lipinski definition) is 7. The Morgan fingerprint density at radius 1 is 0.867 bits per heavy atom. The minimum absolute atomic E-state index is 0.0284. The lowest BCUT2D eigenvalue weighted by Gasteiger charge is -2.28. The van der Waals surface area contributed by atoms with Crippen molar-refractivity contribution in [2.24, 2.45) is 5.92 Å². The van der Waals surface area contributed by atoms with Crippen LogP contribution in [0.5, 0.6) is 0 Å². The van der Waals surface area contributed by atoms with Gasteiger partial charge in [0, 0.05) is 11.4 Å². The maximum Gasteiger partial charge on any atom is 0.337 e. The predicted octanol–water partition coefficient (Wildman–Crippen LogP) is 3.24. The first-order chi connectivity index (χ1) is 14.2. The summed E-state index contributed by atoms with van der Waals surface area (Å²) in [5, 5.41) is 2.98. The average molecular weight is 415 g/mol. The molecule has 1 aromatic carbocycles. The molecule has 7 heteroatoms. The molecule has 1 aliphatic rings. The number of allylic oxidation sites excluding steroid dienone is 2. The second kappa shape index (κ2) is 10.1. The van der Waals surface area contributed by atoms with Crippen LogP contribution in [0.2, 0.25) is 0 Å². The van der Waals surface area contributed by atoms with Crippen LogP contribution in [0.15, 0.2) is 40.7 Å². The summed E-state index contributed by atoms with van der Waals surface area (Å²) >= 11 is 0. The van der Waals surface area contributed by atoms with Crippen LogP contribution in [0.25, 0.3) is 0 Å². The third-order valence-corrected chi connectivity index (χ3v) is 4.86. The van der Waals surface area contributed by atoms with E-state index in [-0.39, 0.29) is 31.0 Å². The molecule has 0 bridgehead atoms. The molecule has 0 saturated heterocycles. The Morgan fingerprint density at radius 3 is 1.90 bits per heavy atom. The highest BCUT2D eigenvalue weighted by Gasteiger charge is 2.42. The minimum atomic E-state index is -1.23. The van der Waals surface area contributed by atoms with Crippen molar-refractivity contribution in [3.8, 4) is 0 Å². The first-order valence-electron chi connectivity index (χ1n) is 9.96. The van der Waals surface area contributed by atoms with E-state index in [0.29, 0.717) is 11.4 Å². The van der Waals surface area contributed by atoms with E-state index >= 15 is 0 Å². The van der Waals surface area contributed by atoms with Crippen LogP contribution in [0.3, 0.4) is 0 Å². The molecule has 0 aliphatic carbocycles. The minimum Gasteiger partial charge on any atom is -0.463 e. The van der Waals surface area contributed by atoms with Gasteiger partial charge in [0.1, 0.15) is 12.5 Å². The van der Waals surface area contributed by atoms with E-state index in [4.69, 9.17) is 14.2 Å². The van der Waals surface area contributed by atoms with Gasteiger partial charge >= 0.3 is 17.9 Å². The smallest absolute Gasteiger partial charge is 0.337 e. The fourth-order valence-corrected chi connectivity index (χ4v) is 3.38. The first kappa shape index (κ1) is 23.2. The van der Waals surface area contributed by atoms with Gasteiger partial charge in [0.15, 0.2) is 0 Å². The second-order valence-corrected chi connectivity index (χ2v) is 7.11.